The predicted octanol–water partition coefficient (Wildman–Crippen LogP) is 2.85. The summed E-state index contributed by atoms with van der Waals surface area (Å²) in [7, 11) is 1.99. The minimum Gasteiger partial charge on any atom is -0.388 e. The Bertz CT molecular complexity index is 561. The lowest BCUT2D eigenvalue weighted by atomic mass is 9.40. The summed E-state index contributed by atoms with van der Waals surface area (Å²) >= 11 is 0. The molecule has 4 nitrogen and oxygen atoms in total. The van der Waals surface area contributed by atoms with Crippen molar-refractivity contribution in [2.24, 2.45) is 29.2 Å². The molecule has 0 aliphatic heterocycles. The van der Waals surface area contributed by atoms with Gasteiger partial charge in [-0.3, -0.25) is 0 Å². The molecular formula is C17H27N3O. The maximum Gasteiger partial charge on any atom is 0.158 e. The molecule has 116 valence electrons. The van der Waals surface area contributed by atoms with Gasteiger partial charge in [0.05, 0.1) is 0 Å². The van der Waals surface area contributed by atoms with E-state index in [0.717, 1.165) is 18.2 Å². The molecule has 1 aromatic heterocycles. The van der Waals surface area contributed by atoms with Gasteiger partial charge < -0.3 is 9.67 Å². The van der Waals surface area contributed by atoms with Gasteiger partial charge in [-0.15, -0.1) is 10.2 Å². The van der Waals surface area contributed by atoms with Crippen LogP contribution in [-0.4, -0.2) is 19.9 Å². The largest absolute Gasteiger partial charge is 0.388 e. The van der Waals surface area contributed by atoms with Crippen LogP contribution in [-0.2, 0) is 20.1 Å². The molecule has 0 saturated heterocycles. The summed E-state index contributed by atoms with van der Waals surface area (Å²) in [4.78, 5) is 0. The molecule has 4 bridgehead atoms. The summed E-state index contributed by atoms with van der Waals surface area (Å²) in [5, 5.41) is 17.8. The van der Waals surface area contributed by atoms with E-state index in [2.05, 4.69) is 24.0 Å². The molecule has 4 saturated carbocycles. The predicted molar refractivity (Wildman–Crippen MR) is 80.5 cm³/mol. The maximum absolute atomic E-state index is 9.32. The van der Waals surface area contributed by atoms with Gasteiger partial charge in [0.2, 0.25) is 0 Å². The highest BCUT2D eigenvalue weighted by Gasteiger charge is 2.60. The molecule has 4 aliphatic carbocycles. The van der Waals surface area contributed by atoms with Crippen molar-refractivity contribution in [3.8, 4) is 0 Å². The van der Waals surface area contributed by atoms with Crippen LogP contribution in [0.25, 0.3) is 0 Å². The minimum atomic E-state index is -0.0193. The van der Waals surface area contributed by atoms with Gasteiger partial charge in [0, 0.05) is 13.5 Å². The standard InChI is InChI=1S/C17H27N3O/c1-15-4-12-5-16(2,9-15)11-17(6-12,10-15)7-13-18-19-14(8-21)20(13)3/h12,21H,4-11H2,1-3H3. The van der Waals surface area contributed by atoms with Crippen molar-refractivity contribution in [1.29, 1.82) is 0 Å². The summed E-state index contributed by atoms with van der Waals surface area (Å²) in [5.74, 6) is 2.67. The zero-order valence-electron chi connectivity index (χ0n) is 13.5. The van der Waals surface area contributed by atoms with Gasteiger partial charge in [0.15, 0.2) is 5.82 Å². The van der Waals surface area contributed by atoms with E-state index in [-0.39, 0.29) is 6.61 Å². The van der Waals surface area contributed by atoms with Crippen molar-refractivity contribution >= 4 is 0 Å². The molecule has 4 fully saturated rings. The number of nitrogens with zero attached hydrogens (tertiary/aromatic N) is 3. The Balaban J connectivity index is 1.66. The first-order valence-corrected chi connectivity index (χ1v) is 8.33. The number of aromatic nitrogens is 3. The monoisotopic (exact) mass is 289 g/mol. The number of hydrogen-bond acceptors (Lipinski definition) is 3. The Labute approximate surface area is 127 Å². The average molecular weight is 289 g/mol. The summed E-state index contributed by atoms with van der Waals surface area (Å²) in [5.41, 5.74) is 1.52. The number of hydrogen-bond donors (Lipinski definition) is 1. The third-order valence-electron chi connectivity index (χ3n) is 6.47. The molecule has 0 radical (unpaired) electrons. The molecule has 4 heteroatoms. The lowest BCUT2D eigenvalue weighted by Crippen LogP contribution is -2.55. The summed E-state index contributed by atoms with van der Waals surface area (Å²) in [6, 6.07) is 0. The van der Waals surface area contributed by atoms with Crippen LogP contribution in [0.3, 0.4) is 0 Å². The van der Waals surface area contributed by atoms with Gasteiger partial charge in [-0.2, -0.15) is 0 Å². The SMILES string of the molecule is Cn1c(CO)nnc1CC12CC3CC(C)(CC(C)(C3)C1)C2. The Morgan fingerprint density at radius 2 is 1.67 bits per heavy atom. The van der Waals surface area contributed by atoms with Gasteiger partial charge >= 0.3 is 0 Å². The highest BCUT2D eigenvalue weighted by atomic mass is 16.3. The molecule has 2 unspecified atom stereocenters. The van der Waals surface area contributed by atoms with Crippen molar-refractivity contribution in [3.63, 3.8) is 0 Å². The van der Waals surface area contributed by atoms with E-state index < -0.39 is 0 Å². The molecule has 0 aromatic carbocycles. The van der Waals surface area contributed by atoms with Gasteiger partial charge in [-0.05, 0) is 60.7 Å². The van der Waals surface area contributed by atoms with E-state index in [0.29, 0.717) is 22.1 Å². The van der Waals surface area contributed by atoms with E-state index >= 15 is 0 Å². The molecule has 5 rings (SSSR count). The van der Waals surface area contributed by atoms with Gasteiger partial charge in [-0.1, -0.05) is 13.8 Å². The first-order valence-electron chi connectivity index (χ1n) is 8.33. The quantitative estimate of drug-likeness (QED) is 0.931. The van der Waals surface area contributed by atoms with Gasteiger partial charge in [-0.25, -0.2) is 0 Å². The van der Waals surface area contributed by atoms with E-state index in [1.807, 2.05) is 11.6 Å². The lowest BCUT2D eigenvalue weighted by molar-refractivity contribution is -0.145. The molecule has 0 amide bonds. The van der Waals surface area contributed by atoms with Crippen LogP contribution >= 0.6 is 0 Å². The normalized spacial score (nSPS) is 44.5. The molecule has 2 atom stereocenters. The second-order valence-electron chi connectivity index (χ2n) is 9.06. The molecule has 0 spiro atoms. The average Bonchev–Trinajstić information content (AvgIpc) is 2.65. The fourth-order valence-electron chi connectivity index (χ4n) is 6.91. The third-order valence-corrected chi connectivity index (χ3v) is 6.47. The molecule has 4 aliphatic rings. The zero-order valence-corrected chi connectivity index (χ0v) is 13.5. The Morgan fingerprint density at radius 1 is 1.05 bits per heavy atom. The van der Waals surface area contributed by atoms with Gasteiger partial charge in [0.1, 0.15) is 12.4 Å². The highest BCUT2D eigenvalue weighted by Crippen LogP contribution is 2.70. The van der Waals surface area contributed by atoms with E-state index in [4.69, 9.17) is 0 Å². The van der Waals surface area contributed by atoms with Crippen LogP contribution in [0.2, 0.25) is 0 Å². The molecule has 1 heterocycles. The molecule has 1 N–H and O–H groups in total. The first-order chi connectivity index (χ1) is 9.84. The Hall–Kier alpha value is -0.900. The van der Waals surface area contributed by atoms with Crippen molar-refractivity contribution in [2.75, 3.05) is 0 Å². The Kier molecular flexibility index (Phi) is 2.68. The number of rotatable bonds is 3. The van der Waals surface area contributed by atoms with Crippen LogP contribution in [0.5, 0.6) is 0 Å². The zero-order chi connectivity index (χ0) is 14.9. The van der Waals surface area contributed by atoms with Crippen molar-refractivity contribution in [2.45, 2.75) is 65.4 Å². The number of aliphatic hydroxyl groups is 1. The highest BCUT2D eigenvalue weighted by molar-refractivity contribution is 5.13. The fourth-order valence-corrected chi connectivity index (χ4v) is 6.91. The molecule has 1 aromatic rings. The van der Waals surface area contributed by atoms with Gasteiger partial charge in [0.25, 0.3) is 0 Å². The van der Waals surface area contributed by atoms with Crippen LogP contribution in [0.15, 0.2) is 0 Å². The van der Waals surface area contributed by atoms with E-state index in [1.165, 1.54) is 38.5 Å². The number of aliphatic hydroxyl groups excluding tert-OH is 1. The van der Waals surface area contributed by atoms with Crippen LogP contribution in [0.1, 0.15) is 64.0 Å². The van der Waals surface area contributed by atoms with Crippen LogP contribution < -0.4 is 0 Å². The van der Waals surface area contributed by atoms with E-state index in [9.17, 15) is 5.11 Å². The van der Waals surface area contributed by atoms with E-state index in [1.54, 1.807) is 0 Å². The Morgan fingerprint density at radius 3 is 2.19 bits per heavy atom. The summed E-state index contributed by atoms with van der Waals surface area (Å²) in [6.07, 6.45) is 9.41. The second-order valence-corrected chi connectivity index (χ2v) is 9.06. The second kappa shape index (κ2) is 4.09. The van der Waals surface area contributed by atoms with Crippen molar-refractivity contribution < 1.29 is 5.11 Å². The van der Waals surface area contributed by atoms with Crippen molar-refractivity contribution in [3.05, 3.63) is 11.6 Å². The summed E-state index contributed by atoms with van der Waals surface area (Å²) < 4.78 is 2.00. The lowest BCUT2D eigenvalue weighted by Gasteiger charge is -2.65. The minimum absolute atomic E-state index is 0.0193. The van der Waals surface area contributed by atoms with Crippen molar-refractivity contribution in [1.82, 2.24) is 14.8 Å². The third kappa shape index (κ3) is 2.06. The summed E-state index contributed by atoms with van der Waals surface area (Å²) in [6.45, 7) is 5.01. The molecule has 21 heavy (non-hydrogen) atoms. The van der Waals surface area contributed by atoms with Crippen LogP contribution in [0.4, 0.5) is 0 Å². The topological polar surface area (TPSA) is 50.9 Å². The van der Waals surface area contributed by atoms with Crippen LogP contribution in [0, 0.1) is 22.2 Å². The molecular weight excluding hydrogens is 262 g/mol. The maximum atomic E-state index is 9.32. The fraction of sp³-hybridized carbons (Fsp3) is 0.882. The smallest absolute Gasteiger partial charge is 0.158 e. The first kappa shape index (κ1) is 13.7.